The second-order valence-corrected chi connectivity index (χ2v) is 4.56. The first-order valence-electron chi connectivity index (χ1n) is 6.80. The second-order valence-electron chi connectivity index (χ2n) is 4.56. The van der Waals surface area contributed by atoms with Gasteiger partial charge in [0.2, 0.25) is 0 Å². The fraction of sp³-hybridized carbons (Fsp3) is 0.533. The summed E-state index contributed by atoms with van der Waals surface area (Å²) >= 11 is 0. The molecule has 0 saturated carbocycles. The van der Waals surface area contributed by atoms with E-state index in [1.165, 1.54) is 0 Å². The summed E-state index contributed by atoms with van der Waals surface area (Å²) in [5.74, 6) is 0.826. The van der Waals surface area contributed by atoms with Crippen LogP contribution in [0.25, 0.3) is 0 Å². The number of carbonyl (C=O) groups excluding carboxylic acids is 1. The smallest absolute Gasteiger partial charge is 0.344 e. The van der Waals surface area contributed by atoms with Gasteiger partial charge in [-0.25, -0.2) is 4.79 Å². The lowest BCUT2D eigenvalue weighted by atomic mass is 10.1. The van der Waals surface area contributed by atoms with Crippen LogP contribution in [0.15, 0.2) is 18.2 Å². The zero-order valence-electron chi connectivity index (χ0n) is 12.3. The highest BCUT2D eigenvalue weighted by atomic mass is 16.6. The van der Waals surface area contributed by atoms with Gasteiger partial charge in [0.05, 0.1) is 13.7 Å². The molecule has 0 amide bonds. The molecule has 0 radical (unpaired) electrons. The number of methoxy groups -OCH3 is 1. The summed E-state index contributed by atoms with van der Waals surface area (Å²) in [6, 6.07) is 5.18. The fourth-order valence-corrected chi connectivity index (χ4v) is 1.65. The number of hydrogen-bond donors (Lipinski definition) is 1. The minimum absolute atomic E-state index is 0.128. The first kappa shape index (κ1) is 16.3. The van der Waals surface area contributed by atoms with E-state index in [4.69, 9.17) is 19.9 Å². The Kier molecular flexibility index (Phi) is 6.87. The molecule has 2 N–H and O–H groups in total. The van der Waals surface area contributed by atoms with Gasteiger partial charge in [-0.2, -0.15) is 0 Å². The fourth-order valence-electron chi connectivity index (χ4n) is 1.65. The first-order chi connectivity index (χ1) is 9.58. The third kappa shape index (κ3) is 5.09. The summed E-state index contributed by atoms with van der Waals surface area (Å²) < 4.78 is 15.7. The Labute approximate surface area is 120 Å². The van der Waals surface area contributed by atoms with Crippen molar-refractivity contribution < 1.29 is 19.0 Å². The molecule has 0 aliphatic heterocycles. The van der Waals surface area contributed by atoms with E-state index in [9.17, 15) is 4.79 Å². The van der Waals surface area contributed by atoms with Crippen LogP contribution in [0.3, 0.4) is 0 Å². The van der Waals surface area contributed by atoms with Crippen molar-refractivity contribution in [2.45, 2.75) is 32.7 Å². The van der Waals surface area contributed by atoms with Gasteiger partial charge in [-0.3, -0.25) is 0 Å². The van der Waals surface area contributed by atoms with Crippen molar-refractivity contribution >= 4 is 5.97 Å². The molecule has 0 saturated heterocycles. The van der Waals surface area contributed by atoms with E-state index in [2.05, 4.69) is 0 Å². The molecular weight excluding hydrogens is 258 g/mol. The van der Waals surface area contributed by atoms with Gasteiger partial charge in [0, 0.05) is 17.7 Å². The van der Waals surface area contributed by atoms with Crippen LogP contribution in [0.2, 0.25) is 0 Å². The minimum atomic E-state index is -0.378. The van der Waals surface area contributed by atoms with Gasteiger partial charge in [-0.15, -0.1) is 0 Å². The molecule has 5 heteroatoms. The van der Waals surface area contributed by atoms with Gasteiger partial charge in [0.1, 0.15) is 11.5 Å². The number of carbonyl (C=O) groups is 1. The van der Waals surface area contributed by atoms with Crippen molar-refractivity contribution in [2.75, 3.05) is 20.3 Å². The summed E-state index contributed by atoms with van der Waals surface area (Å²) in [5, 5.41) is 0. The van der Waals surface area contributed by atoms with Gasteiger partial charge in [0.15, 0.2) is 6.61 Å². The number of esters is 1. The van der Waals surface area contributed by atoms with Gasteiger partial charge in [0.25, 0.3) is 0 Å². The van der Waals surface area contributed by atoms with Crippen molar-refractivity contribution in [1.29, 1.82) is 0 Å². The van der Waals surface area contributed by atoms with Crippen LogP contribution in [0.4, 0.5) is 0 Å². The number of ether oxygens (including phenoxy) is 3. The molecule has 20 heavy (non-hydrogen) atoms. The molecule has 0 bridgehead atoms. The number of rotatable bonds is 8. The second kappa shape index (κ2) is 8.43. The summed E-state index contributed by atoms with van der Waals surface area (Å²) in [7, 11) is 1.57. The summed E-state index contributed by atoms with van der Waals surface area (Å²) in [4.78, 5) is 11.5. The van der Waals surface area contributed by atoms with Crippen molar-refractivity contribution in [3.8, 4) is 11.5 Å². The predicted octanol–water partition coefficient (Wildman–Crippen LogP) is 2.44. The third-order valence-corrected chi connectivity index (χ3v) is 2.82. The molecule has 1 unspecified atom stereocenters. The molecule has 0 heterocycles. The van der Waals surface area contributed by atoms with Crippen LogP contribution in [-0.2, 0) is 9.53 Å². The maximum atomic E-state index is 11.5. The number of benzene rings is 1. The standard InChI is InChI=1S/C15H23NO4/c1-4-5-8-19-15(17)10-20-14-9-12(18-3)6-7-13(14)11(2)16/h6-7,9,11H,4-5,8,10,16H2,1-3H3. The Bertz CT molecular complexity index is 432. The SMILES string of the molecule is CCCCOC(=O)COc1cc(OC)ccc1C(C)N. The average Bonchev–Trinajstić information content (AvgIpc) is 2.44. The lowest BCUT2D eigenvalue weighted by Gasteiger charge is -2.15. The molecule has 0 aliphatic rings. The lowest BCUT2D eigenvalue weighted by Crippen LogP contribution is -2.17. The van der Waals surface area contributed by atoms with Crippen LogP contribution in [-0.4, -0.2) is 26.3 Å². The molecule has 0 fully saturated rings. The van der Waals surface area contributed by atoms with Gasteiger partial charge in [-0.05, 0) is 19.4 Å². The van der Waals surface area contributed by atoms with E-state index in [0.29, 0.717) is 18.1 Å². The molecule has 0 aliphatic carbocycles. The van der Waals surface area contributed by atoms with Gasteiger partial charge in [-0.1, -0.05) is 19.4 Å². The Morgan fingerprint density at radius 3 is 2.75 bits per heavy atom. The maximum absolute atomic E-state index is 11.5. The Morgan fingerprint density at radius 2 is 2.15 bits per heavy atom. The summed E-state index contributed by atoms with van der Waals surface area (Å²) in [6.45, 7) is 4.19. The Hall–Kier alpha value is -1.75. The highest BCUT2D eigenvalue weighted by Crippen LogP contribution is 2.28. The monoisotopic (exact) mass is 281 g/mol. The van der Waals surface area contributed by atoms with E-state index >= 15 is 0 Å². The normalized spacial score (nSPS) is 11.8. The number of hydrogen-bond acceptors (Lipinski definition) is 5. The zero-order valence-corrected chi connectivity index (χ0v) is 12.3. The molecule has 1 rings (SSSR count). The van der Waals surface area contributed by atoms with Crippen molar-refractivity contribution in [1.82, 2.24) is 0 Å². The molecule has 0 aromatic heterocycles. The minimum Gasteiger partial charge on any atom is -0.497 e. The topological polar surface area (TPSA) is 70.8 Å². The summed E-state index contributed by atoms with van der Waals surface area (Å²) in [5.41, 5.74) is 6.70. The lowest BCUT2D eigenvalue weighted by molar-refractivity contribution is -0.146. The third-order valence-electron chi connectivity index (χ3n) is 2.82. The largest absolute Gasteiger partial charge is 0.497 e. The zero-order chi connectivity index (χ0) is 15.0. The highest BCUT2D eigenvalue weighted by molar-refractivity contribution is 5.71. The maximum Gasteiger partial charge on any atom is 0.344 e. The predicted molar refractivity (Wildman–Crippen MR) is 77.0 cm³/mol. The van der Waals surface area contributed by atoms with E-state index in [-0.39, 0.29) is 18.6 Å². The van der Waals surface area contributed by atoms with Gasteiger partial charge >= 0.3 is 5.97 Å². The van der Waals surface area contributed by atoms with E-state index in [0.717, 1.165) is 18.4 Å². The average molecular weight is 281 g/mol. The molecular formula is C15H23NO4. The quantitative estimate of drug-likeness (QED) is 0.585. The Morgan fingerprint density at radius 1 is 1.40 bits per heavy atom. The van der Waals surface area contributed by atoms with Crippen LogP contribution in [0.5, 0.6) is 11.5 Å². The van der Waals surface area contributed by atoms with Crippen LogP contribution >= 0.6 is 0 Å². The summed E-state index contributed by atoms with van der Waals surface area (Å²) in [6.07, 6.45) is 1.84. The van der Waals surface area contributed by atoms with Gasteiger partial charge < -0.3 is 19.9 Å². The van der Waals surface area contributed by atoms with Crippen molar-refractivity contribution in [3.63, 3.8) is 0 Å². The molecule has 112 valence electrons. The van der Waals surface area contributed by atoms with Crippen molar-refractivity contribution in [3.05, 3.63) is 23.8 Å². The van der Waals surface area contributed by atoms with E-state index in [1.807, 2.05) is 26.0 Å². The van der Waals surface area contributed by atoms with E-state index in [1.54, 1.807) is 13.2 Å². The number of nitrogens with two attached hydrogens (primary N) is 1. The van der Waals surface area contributed by atoms with Crippen LogP contribution in [0.1, 0.15) is 38.3 Å². The Balaban J connectivity index is 2.63. The molecule has 1 atom stereocenters. The molecule has 1 aromatic carbocycles. The first-order valence-corrected chi connectivity index (χ1v) is 6.80. The van der Waals surface area contributed by atoms with Crippen LogP contribution in [0, 0.1) is 0 Å². The van der Waals surface area contributed by atoms with Crippen LogP contribution < -0.4 is 15.2 Å². The molecule has 5 nitrogen and oxygen atoms in total. The highest BCUT2D eigenvalue weighted by Gasteiger charge is 2.12. The van der Waals surface area contributed by atoms with E-state index < -0.39 is 0 Å². The number of unbranched alkanes of at least 4 members (excludes halogenated alkanes) is 1. The van der Waals surface area contributed by atoms with Crippen molar-refractivity contribution in [2.24, 2.45) is 5.73 Å². The molecule has 0 spiro atoms. The molecule has 1 aromatic rings.